The van der Waals surface area contributed by atoms with Gasteiger partial charge in [0.1, 0.15) is 11.6 Å². The van der Waals surface area contributed by atoms with Gasteiger partial charge in [-0.1, -0.05) is 26.8 Å². The highest BCUT2D eigenvalue weighted by molar-refractivity contribution is 5.74. The molecule has 0 radical (unpaired) electrons. The number of fused-ring (bicyclic) bond motifs is 1. The molecule has 0 unspecified atom stereocenters. The predicted molar refractivity (Wildman–Crippen MR) is 154 cm³/mol. The molecule has 0 spiro atoms. The quantitative estimate of drug-likeness (QED) is 0.267. The number of aromatic amines is 1. The maximum Gasteiger partial charge on any atom is 0.149 e. The molecule has 2 aromatic heterocycles. The Bertz CT molecular complexity index is 1510. The summed E-state index contributed by atoms with van der Waals surface area (Å²) in [6.07, 6.45) is 0.864. The summed E-state index contributed by atoms with van der Waals surface area (Å²) < 4.78 is 13.5. The molecular formula is C31H34FN7. The van der Waals surface area contributed by atoms with E-state index in [0.717, 1.165) is 83.4 Å². The zero-order valence-corrected chi connectivity index (χ0v) is 22.9. The fraction of sp³-hybridized carbons (Fsp3) is 0.323. The minimum atomic E-state index is -0.256. The predicted octanol–water partition coefficient (Wildman–Crippen LogP) is 6.21. The Morgan fingerprint density at radius 1 is 1.10 bits per heavy atom. The van der Waals surface area contributed by atoms with Crippen molar-refractivity contribution in [2.75, 3.05) is 30.8 Å². The van der Waals surface area contributed by atoms with E-state index in [1.54, 1.807) is 12.1 Å². The third-order valence-electron chi connectivity index (χ3n) is 6.96. The maximum absolute atomic E-state index is 13.5. The second-order valence-corrected chi connectivity index (χ2v) is 11.2. The van der Waals surface area contributed by atoms with E-state index in [9.17, 15) is 9.65 Å². The lowest BCUT2D eigenvalue weighted by molar-refractivity contribution is 0.245. The Morgan fingerprint density at radius 2 is 1.90 bits per heavy atom. The highest BCUT2D eigenvalue weighted by Gasteiger charge is 2.23. The van der Waals surface area contributed by atoms with E-state index in [1.165, 1.54) is 12.1 Å². The van der Waals surface area contributed by atoms with Crippen molar-refractivity contribution < 1.29 is 4.39 Å². The van der Waals surface area contributed by atoms with Crippen LogP contribution in [-0.4, -0.2) is 40.2 Å². The van der Waals surface area contributed by atoms with Crippen LogP contribution in [0.5, 0.6) is 0 Å². The third kappa shape index (κ3) is 5.94. The molecule has 0 amide bonds. The molecule has 1 aliphatic heterocycles. The van der Waals surface area contributed by atoms with Crippen molar-refractivity contribution in [3.63, 3.8) is 0 Å². The average Bonchev–Trinajstić information content (AvgIpc) is 3.35. The van der Waals surface area contributed by atoms with Gasteiger partial charge in [0, 0.05) is 62.0 Å². The van der Waals surface area contributed by atoms with Crippen molar-refractivity contribution in [3.05, 3.63) is 82.8 Å². The number of halogens is 1. The lowest BCUT2D eigenvalue weighted by atomic mass is 9.97. The fourth-order valence-electron chi connectivity index (χ4n) is 4.89. The van der Waals surface area contributed by atoms with Crippen molar-refractivity contribution in [1.29, 1.82) is 5.26 Å². The van der Waals surface area contributed by atoms with Crippen LogP contribution in [0.25, 0.3) is 22.5 Å². The molecule has 0 saturated carbocycles. The number of nitrogens with one attached hydrogen (secondary N) is 3. The van der Waals surface area contributed by atoms with Gasteiger partial charge < -0.3 is 10.6 Å². The number of aromatic nitrogens is 3. The SMILES string of the molecule is CNc1nc(-c2cc(CN3CCc4[nH]nc(-c5ccc(F)cc5)c4C3)ccc2C#N)ccc1NCC(C)(C)C. The molecule has 3 heterocycles. The minimum Gasteiger partial charge on any atom is -0.382 e. The van der Waals surface area contributed by atoms with Crippen LogP contribution in [0.1, 0.15) is 43.2 Å². The van der Waals surface area contributed by atoms with Gasteiger partial charge in [0.2, 0.25) is 0 Å². The fourth-order valence-corrected chi connectivity index (χ4v) is 4.89. The normalized spacial score (nSPS) is 13.5. The topological polar surface area (TPSA) is 92.7 Å². The summed E-state index contributed by atoms with van der Waals surface area (Å²) in [6, 6.07) is 18.8. The van der Waals surface area contributed by atoms with Crippen LogP contribution in [0.3, 0.4) is 0 Å². The molecule has 1 aliphatic rings. The third-order valence-corrected chi connectivity index (χ3v) is 6.96. The summed E-state index contributed by atoms with van der Waals surface area (Å²) in [4.78, 5) is 7.23. The van der Waals surface area contributed by atoms with Gasteiger partial charge in [0.05, 0.1) is 28.7 Å². The molecule has 0 bridgehead atoms. The zero-order valence-electron chi connectivity index (χ0n) is 22.9. The zero-order chi connectivity index (χ0) is 27.6. The summed E-state index contributed by atoms with van der Waals surface area (Å²) in [7, 11) is 1.86. The monoisotopic (exact) mass is 523 g/mol. The Balaban J connectivity index is 1.38. The van der Waals surface area contributed by atoms with Crippen LogP contribution in [-0.2, 0) is 19.5 Å². The number of H-pyrrole nitrogens is 1. The van der Waals surface area contributed by atoms with Crippen molar-refractivity contribution in [2.24, 2.45) is 5.41 Å². The summed E-state index contributed by atoms with van der Waals surface area (Å²) >= 11 is 0. The van der Waals surface area contributed by atoms with Gasteiger partial charge in [-0.25, -0.2) is 9.37 Å². The molecule has 0 saturated heterocycles. The van der Waals surface area contributed by atoms with Crippen LogP contribution in [0.15, 0.2) is 54.6 Å². The first-order chi connectivity index (χ1) is 18.7. The van der Waals surface area contributed by atoms with Gasteiger partial charge >= 0.3 is 0 Å². The Labute approximate surface area is 229 Å². The summed E-state index contributed by atoms with van der Waals surface area (Å²) in [6.45, 7) is 9.74. The Morgan fingerprint density at radius 3 is 2.62 bits per heavy atom. The van der Waals surface area contributed by atoms with E-state index in [0.29, 0.717) is 5.56 Å². The van der Waals surface area contributed by atoms with Crippen LogP contribution in [0.2, 0.25) is 0 Å². The molecule has 7 nitrogen and oxygen atoms in total. The Kier molecular flexibility index (Phi) is 7.36. The number of nitriles is 1. The maximum atomic E-state index is 13.5. The highest BCUT2D eigenvalue weighted by atomic mass is 19.1. The van der Waals surface area contributed by atoms with Crippen molar-refractivity contribution >= 4 is 11.5 Å². The van der Waals surface area contributed by atoms with Crippen molar-refractivity contribution in [1.82, 2.24) is 20.1 Å². The number of pyridine rings is 1. The molecule has 4 aromatic rings. The molecule has 39 heavy (non-hydrogen) atoms. The first-order valence-electron chi connectivity index (χ1n) is 13.2. The smallest absolute Gasteiger partial charge is 0.149 e. The van der Waals surface area contributed by atoms with Crippen molar-refractivity contribution in [2.45, 2.75) is 40.3 Å². The van der Waals surface area contributed by atoms with Crippen LogP contribution < -0.4 is 10.6 Å². The van der Waals surface area contributed by atoms with E-state index < -0.39 is 0 Å². The second kappa shape index (κ2) is 10.9. The number of hydrogen-bond acceptors (Lipinski definition) is 6. The number of rotatable bonds is 7. The molecular weight excluding hydrogens is 489 g/mol. The molecule has 5 rings (SSSR count). The largest absolute Gasteiger partial charge is 0.382 e. The van der Waals surface area contributed by atoms with Crippen LogP contribution in [0, 0.1) is 22.6 Å². The summed E-state index contributed by atoms with van der Waals surface area (Å²) in [5.74, 6) is 0.497. The molecule has 0 fully saturated rings. The molecule has 0 atom stereocenters. The van der Waals surface area contributed by atoms with E-state index >= 15 is 0 Å². The Hall–Kier alpha value is -4.22. The molecule has 0 aliphatic carbocycles. The van der Waals surface area contributed by atoms with Crippen LogP contribution in [0.4, 0.5) is 15.9 Å². The van der Waals surface area contributed by atoms with Gasteiger partial charge in [-0.2, -0.15) is 10.4 Å². The molecule has 200 valence electrons. The van der Waals surface area contributed by atoms with Gasteiger partial charge in [0.25, 0.3) is 0 Å². The van der Waals surface area contributed by atoms with Gasteiger partial charge in [-0.05, 0) is 59.5 Å². The lowest BCUT2D eigenvalue weighted by Gasteiger charge is -2.27. The standard InChI is InChI=1S/C31H34FN7/c1-31(2,3)19-35-28-12-11-26(36-30(28)34-4)24-15-20(5-6-22(24)16-33)17-39-14-13-27-25(18-39)29(38-37-27)21-7-9-23(32)10-8-21/h5-12,15,35H,13-14,17-19H2,1-4H3,(H,34,36)(H,37,38). The van der Waals surface area contributed by atoms with E-state index in [1.807, 2.05) is 31.3 Å². The van der Waals surface area contributed by atoms with Crippen LogP contribution >= 0.6 is 0 Å². The summed E-state index contributed by atoms with van der Waals surface area (Å²) in [5.41, 5.74) is 8.43. The number of anilines is 2. The molecule has 8 heteroatoms. The van der Waals surface area contributed by atoms with Crippen molar-refractivity contribution in [3.8, 4) is 28.6 Å². The first-order valence-corrected chi connectivity index (χ1v) is 13.2. The first kappa shape index (κ1) is 26.4. The van der Waals surface area contributed by atoms with E-state index in [4.69, 9.17) is 4.98 Å². The molecule has 2 aromatic carbocycles. The van der Waals surface area contributed by atoms with Gasteiger partial charge in [0.15, 0.2) is 0 Å². The average molecular weight is 524 g/mol. The number of benzene rings is 2. The number of nitrogens with zero attached hydrogens (tertiary/aromatic N) is 4. The summed E-state index contributed by atoms with van der Waals surface area (Å²) in [5, 5.41) is 24.2. The number of hydrogen-bond donors (Lipinski definition) is 3. The molecule has 3 N–H and O–H groups in total. The lowest BCUT2D eigenvalue weighted by Crippen LogP contribution is -2.30. The van der Waals surface area contributed by atoms with E-state index in [-0.39, 0.29) is 11.2 Å². The highest BCUT2D eigenvalue weighted by Crippen LogP contribution is 2.32. The van der Waals surface area contributed by atoms with E-state index in [2.05, 4.69) is 58.6 Å². The second-order valence-electron chi connectivity index (χ2n) is 11.2. The van der Waals surface area contributed by atoms with Gasteiger partial charge in [-0.15, -0.1) is 0 Å². The van der Waals surface area contributed by atoms with Gasteiger partial charge in [-0.3, -0.25) is 10.00 Å². The minimum absolute atomic E-state index is 0.136.